The van der Waals surface area contributed by atoms with Gasteiger partial charge >= 0.3 is 6.09 Å². The van der Waals surface area contributed by atoms with Crippen LogP contribution in [-0.4, -0.2) is 55.6 Å². The Kier molecular flexibility index (Phi) is 7.04. The first-order valence-corrected chi connectivity index (χ1v) is 8.51. The molecule has 0 radical (unpaired) electrons. The van der Waals surface area contributed by atoms with Crippen LogP contribution in [0.15, 0.2) is 21.9 Å². The Bertz CT molecular complexity index is 688. The van der Waals surface area contributed by atoms with Gasteiger partial charge in [-0.05, 0) is 18.4 Å². The Morgan fingerprint density at radius 3 is 2.84 bits per heavy atom. The van der Waals surface area contributed by atoms with Crippen molar-refractivity contribution >= 4 is 23.3 Å². The SMILES string of the molecule is COCC[NH+](Cc1nnc(-c2cccs2)o1)[C@H](C)C(=O)NC(=O)OC. The van der Waals surface area contributed by atoms with Crippen LogP contribution >= 0.6 is 11.3 Å². The van der Waals surface area contributed by atoms with Crippen LogP contribution in [0.1, 0.15) is 12.8 Å². The number of thiophene rings is 1. The molecular formula is C15H21N4O5S+. The molecule has 2 rings (SSSR count). The molecular weight excluding hydrogens is 348 g/mol. The molecule has 0 bridgehead atoms. The minimum absolute atomic E-state index is 0.331. The van der Waals surface area contributed by atoms with E-state index >= 15 is 0 Å². The number of rotatable bonds is 8. The van der Waals surface area contributed by atoms with Crippen LogP contribution in [-0.2, 0) is 20.8 Å². The van der Waals surface area contributed by atoms with E-state index in [0.717, 1.165) is 9.78 Å². The average molecular weight is 369 g/mol. The van der Waals surface area contributed by atoms with Gasteiger partial charge in [0.25, 0.3) is 17.7 Å². The van der Waals surface area contributed by atoms with Crippen LogP contribution in [0.5, 0.6) is 0 Å². The molecule has 0 aromatic carbocycles. The predicted molar refractivity (Wildman–Crippen MR) is 89.0 cm³/mol. The van der Waals surface area contributed by atoms with Gasteiger partial charge in [0.1, 0.15) is 6.54 Å². The quantitative estimate of drug-likeness (QED) is 0.679. The number of carbonyl (C=O) groups is 2. The number of quaternary nitrogens is 1. The molecule has 2 amide bonds. The number of alkyl carbamates (subject to hydrolysis) is 1. The molecule has 2 aromatic rings. The summed E-state index contributed by atoms with van der Waals surface area (Å²) >= 11 is 1.50. The minimum atomic E-state index is -0.791. The van der Waals surface area contributed by atoms with E-state index in [0.29, 0.717) is 31.5 Å². The summed E-state index contributed by atoms with van der Waals surface area (Å²) in [6.07, 6.45) is -0.791. The highest BCUT2D eigenvalue weighted by Crippen LogP contribution is 2.22. The number of amides is 2. The monoisotopic (exact) mass is 369 g/mol. The molecule has 0 aliphatic heterocycles. The maximum Gasteiger partial charge on any atom is 0.413 e. The highest BCUT2D eigenvalue weighted by molar-refractivity contribution is 7.13. The standard InChI is InChI=1S/C15H20N4O5S/c1-10(13(20)16-15(21)23-3)19(6-7-22-2)9-12-17-18-14(24-12)11-5-4-8-25-11/h4-5,8,10H,6-7,9H2,1-3H3,(H,16,20,21)/p+1/t10-/m1/s1. The molecule has 1 unspecified atom stereocenters. The zero-order valence-corrected chi connectivity index (χ0v) is 15.1. The summed E-state index contributed by atoms with van der Waals surface area (Å²) in [6.45, 7) is 3.01. The molecule has 9 nitrogen and oxygen atoms in total. The number of hydrogen-bond donors (Lipinski definition) is 2. The zero-order valence-electron chi connectivity index (χ0n) is 14.3. The van der Waals surface area contributed by atoms with Gasteiger partial charge in [-0.1, -0.05) is 6.07 Å². The smallest absolute Gasteiger partial charge is 0.413 e. The van der Waals surface area contributed by atoms with Gasteiger partial charge in [-0.2, -0.15) is 0 Å². The van der Waals surface area contributed by atoms with E-state index in [1.807, 2.05) is 17.5 Å². The van der Waals surface area contributed by atoms with Crippen LogP contribution in [0.4, 0.5) is 4.79 Å². The van der Waals surface area contributed by atoms with Crippen molar-refractivity contribution in [2.24, 2.45) is 0 Å². The van der Waals surface area contributed by atoms with Crippen LogP contribution in [0.3, 0.4) is 0 Å². The second-order valence-corrected chi connectivity index (χ2v) is 6.21. The fraction of sp³-hybridized carbons (Fsp3) is 0.467. The van der Waals surface area contributed by atoms with Crippen molar-refractivity contribution in [2.45, 2.75) is 19.5 Å². The van der Waals surface area contributed by atoms with Crippen molar-refractivity contribution in [3.8, 4) is 10.8 Å². The van der Waals surface area contributed by atoms with Crippen molar-refractivity contribution in [3.05, 3.63) is 23.4 Å². The number of nitrogens with zero attached hydrogens (tertiary/aromatic N) is 2. The molecule has 0 aliphatic rings. The lowest BCUT2D eigenvalue weighted by atomic mass is 10.2. The molecule has 0 spiro atoms. The van der Waals surface area contributed by atoms with E-state index in [1.165, 1.54) is 18.4 Å². The van der Waals surface area contributed by atoms with E-state index in [4.69, 9.17) is 9.15 Å². The van der Waals surface area contributed by atoms with E-state index in [-0.39, 0.29) is 0 Å². The van der Waals surface area contributed by atoms with Crippen molar-refractivity contribution in [2.75, 3.05) is 27.4 Å². The molecule has 0 aliphatic carbocycles. The molecule has 2 aromatic heterocycles. The molecule has 136 valence electrons. The van der Waals surface area contributed by atoms with E-state index < -0.39 is 18.0 Å². The number of hydrogen-bond acceptors (Lipinski definition) is 8. The third kappa shape index (κ3) is 5.34. The lowest BCUT2D eigenvalue weighted by Gasteiger charge is -2.23. The average Bonchev–Trinajstić information content (AvgIpc) is 3.28. The van der Waals surface area contributed by atoms with Crippen LogP contribution in [0, 0.1) is 0 Å². The number of imide groups is 1. The molecule has 2 heterocycles. The number of carbonyl (C=O) groups excluding carboxylic acids is 2. The number of ether oxygens (including phenoxy) is 2. The summed E-state index contributed by atoms with van der Waals surface area (Å²) in [4.78, 5) is 25.1. The van der Waals surface area contributed by atoms with E-state index in [1.54, 1.807) is 14.0 Å². The first-order chi connectivity index (χ1) is 12.0. The van der Waals surface area contributed by atoms with Gasteiger partial charge in [-0.15, -0.1) is 21.5 Å². The van der Waals surface area contributed by atoms with Crippen LogP contribution in [0.2, 0.25) is 0 Å². The molecule has 0 saturated carbocycles. The van der Waals surface area contributed by atoms with Crippen molar-refractivity contribution in [1.82, 2.24) is 15.5 Å². The fourth-order valence-corrected chi connectivity index (χ4v) is 2.80. The largest absolute Gasteiger partial charge is 0.453 e. The van der Waals surface area contributed by atoms with Gasteiger partial charge in [0, 0.05) is 7.11 Å². The summed E-state index contributed by atoms with van der Waals surface area (Å²) in [5.41, 5.74) is 0. The topological polar surface area (TPSA) is 108 Å². The van der Waals surface area contributed by atoms with Crippen molar-refractivity contribution in [3.63, 3.8) is 0 Å². The van der Waals surface area contributed by atoms with Gasteiger partial charge in [0.15, 0.2) is 12.6 Å². The Labute approximate surface area is 148 Å². The summed E-state index contributed by atoms with van der Waals surface area (Å²) in [5, 5.41) is 12.2. The third-order valence-electron chi connectivity index (χ3n) is 3.62. The Morgan fingerprint density at radius 1 is 1.40 bits per heavy atom. The van der Waals surface area contributed by atoms with E-state index in [9.17, 15) is 9.59 Å². The fourth-order valence-electron chi connectivity index (χ4n) is 2.16. The first kappa shape index (κ1) is 19.0. The Balaban J connectivity index is 2.06. The second-order valence-electron chi connectivity index (χ2n) is 5.26. The maximum absolute atomic E-state index is 12.2. The number of aromatic nitrogens is 2. The van der Waals surface area contributed by atoms with Gasteiger partial charge < -0.3 is 18.8 Å². The number of methoxy groups -OCH3 is 2. The summed E-state index contributed by atoms with van der Waals surface area (Å²) < 4.78 is 15.2. The van der Waals surface area contributed by atoms with Gasteiger partial charge in [-0.3, -0.25) is 10.1 Å². The van der Waals surface area contributed by atoms with Crippen LogP contribution < -0.4 is 10.2 Å². The van der Waals surface area contributed by atoms with Crippen molar-refractivity contribution in [1.29, 1.82) is 0 Å². The van der Waals surface area contributed by atoms with Gasteiger partial charge in [0.05, 0.1) is 18.6 Å². The molecule has 10 heteroatoms. The van der Waals surface area contributed by atoms with E-state index in [2.05, 4.69) is 20.3 Å². The Hall–Kier alpha value is -2.30. The third-order valence-corrected chi connectivity index (χ3v) is 4.48. The summed E-state index contributed by atoms with van der Waals surface area (Å²) in [7, 11) is 2.78. The molecule has 2 N–H and O–H groups in total. The predicted octanol–water partition coefficient (Wildman–Crippen LogP) is 0.101. The van der Waals surface area contributed by atoms with Gasteiger partial charge in [-0.25, -0.2) is 4.79 Å². The maximum atomic E-state index is 12.2. The highest BCUT2D eigenvalue weighted by Gasteiger charge is 2.28. The number of nitrogens with one attached hydrogen (secondary N) is 2. The van der Waals surface area contributed by atoms with Crippen molar-refractivity contribution < 1.29 is 28.4 Å². The second kappa shape index (κ2) is 9.25. The molecule has 0 fully saturated rings. The normalized spacial score (nSPS) is 13.2. The lowest BCUT2D eigenvalue weighted by Crippen LogP contribution is -3.16. The van der Waals surface area contributed by atoms with Crippen LogP contribution in [0.25, 0.3) is 10.8 Å². The summed E-state index contributed by atoms with van der Waals surface area (Å²) in [6, 6.07) is 3.26. The first-order valence-electron chi connectivity index (χ1n) is 7.63. The Morgan fingerprint density at radius 2 is 2.20 bits per heavy atom. The van der Waals surface area contributed by atoms with Gasteiger partial charge in [0.2, 0.25) is 0 Å². The molecule has 25 heavy (non-hydrogen) atoms. The lowest BCUT2D eigenvalue weighted by molar-refractivity contribution is -0.929. The zero-order chi connectivity index (χ0) is 18.2. The highest BCUT2D eigenvalue weighted by atomic mass is 32.1. The summed E-state index contributed by atoms with van der Waals surface area (Å²) in [5.74, 6) is 0.408. The minimum Gasteiger partial charge on any atom is -0.453 e. The molecule has 0 saturated heterocycles. The molecule has 2 atom stereocenters.